The van der Waals surface area contributed by atoms with Crippen LogP contribution in [0.4, 0.5) is 5.69 Å². The Morgan fingerprint density at radius 1 is 0.769 bits per heavy atom. The maximum Gasteiger partial charge on any atom is 0.339 e. The third-order valence-corrected chi connectivity index (χ3v) is 12.8. The number of halogens is 1. The van der Waals surface area contributed by atoms with Gasteiger partial charge in [-0.05, 0) is 72.6 Å². The molecule has 1 saturated heterocycles. The fourth-order valence-electron chi connectivity index (χ4n) is 6.45. The number of carbonyl (C=O) groups excluding carboxylic acids is 1. The Bertz CT molecular complexity index is 2460. The minimum Gasteiger partial charge on any atom is -0.379 e. The standard InChI is InChI=1S/C38H34ClN5O6S2/c1-42(51(46,47)36-6-2-4-28-25-40-18-16-33(28)36)35(38(45)44-22-20-43(21-23-44)31-12-10-30(39)11-13-31)24-27-8-14-32(15-9-27)50-52(48,49)37-7-3-5-29-26-41-19-17-34(29)37/h2-19,25-26,35H,20-24H2,1H3/t35-/m0/s1. The molecule has 0 aliphatic carbocycles. The number of anilines is 1. The number of hydrogen-bond donors (Lipinski definition) is 0. The molecule has 1 aliphatic heterocycles. The summed E-state index contributed by atoms with van der Waals surface area (Å²) in [5, 5.41) is 2.93. The lowest BCUT2D eigenvalue weighted by molar-refractivity contribution is -0.135. The highest BCUT2D eigenvalue weighted by Gasteiger charge is 2.37. The number of sulfonamides is 1. The summed E-state index contributed by atoms with van der Waals surface area (Å²) in [5.41, 5.74) is 1.60. The van der Waals surface area contributed by atoms with Gasteiger partial charge in [-0.15, -0.1) is 0 Å². The molecule has 14 heteroatoms. The predicted molar refractivity (Wildman–Crippen MR) is 200 cm³/mol. The lowest BCUT2D eigenvalue weighted by Crippen LogP contribution is -2.56. The van der Waals surface area contributed by atoms with E-state index in [2.05, 4.69) is 14.9 Å². The van der Waals surface area contributed by atoms with Crippen LogP contribution in [-0.4, -0.2) is 81.2 Å². The monoisotopic (exact) mass is 755 g/mol. The van der Waals surface area contributed by atoms with Crippen molar-refractivity contribution in [2.24, 2.45) is 0 Å². The second-order valence-electron chi connectivity index (χ2n) is 12.4. The molecule has 1 fully saturated rings. The van der Waals surface area contributed by atoms with Crippen molar-refractivity contribution >= 4 is 64.9 Å². The number of benzene rings is 4. The van der Waals surface area contributed by atoms with Gasteiger partial charge in [-0.1, -0.05) is 48.0 Å². The van der Waals surface area contributed by atoms with E-state index in [9.17, 15) is 21.6 Å². The number of nitrogens with zero attached hydrogens (tertiary/aromatic N) is 5. The number of likely N-dealkylation sites (N-methyl/N-ethyl adjacent to an activating group) is 1. The first-order valence-electron chi connectivity index (χ1n) is 16.5. The number of hydrogen-bond acceptors (Lipinski definition) is 9. The van der Waals surface area contributed by atoms with Crippen LogP contribution in [0, 0.1) is 0 Å². The molecule has 0 bridgehead atoms. The van der Waals surface area contributed by atoms with E-state index in [0.29, 0.717) is 58.3 Å². The van der Waals surface area contributed by atoms with E-state index in [0.717, 1.165) is 9.99 Å². The van der Waals surface area contributed by atoms with E-state index < -0.39 is 26.2 Å². The van der Waals surface area contributed by atoms with Gasteiger partial charge in [0.15, 0.2) is 0 Å². The molecule has 0 N–H and O–H groups in total. The average Bonchev–Trinajstić information content (AvgIpc) is 3.17. The Balaban J connectivity index is 1.15. The summed E-state index contributed by atoms with van der Waals surface area (Å²) < 4.78 is 61.9. The first kappa shape index (κ1) is 35.3. The summed E-state index contributed by atoms with van der Waals surface area (Å²) >= 11 is 6.08. The van der Waals surface area contributed by atoms with Gasteiger partial charge in [-0.2, -0.15) is 12.7 Å². The summed E-state index contributed by atoms with van der Waals surface area (Å²) in [5.74, 6) is -0.265. The molecule has 52 heavy (non-hydrogen) atoms. The van der Waals surface area contributed by atoms with Gasteiger partial charge in [0.05, 0.1) is 4.90 Å². The molecule has 11 nitrogen and oxygen atoms in total. The zero-order valence-corrected chi connectivity index (χ0v) is 30.4. The third kappa shape index (κ3) is 7.17. The van der Waals surface area contributed by atoms with Crippen molar-refractivity contribution in [2.75, 3.05) is 38.1 Å². The molecule has 4 aromatic carbocycles. The molecule has 0 unspecified atom stereocenters. The van der Waals surface area contributed by atoms with E-state index in [1.54, 1.807) is 65.8 Å². The van der Waals surface area contributed by atoms with Gasteiger partial charge in [-0.25, -0.2) is 8.42 Å². The van der Waals surface area contributed by atoms with Crippen molar-refractivity contribution in [3.8, 4) is 5.75 Å². The Kier molecular flexibility index (Phi) is 9.86. The molecule has 266 valence electrons. The van der Waals surface area contributed by atoms with Crippen LogP contribution < -0.4 is 9.08 Å². The fourth-order valence-corrected chi connectivity index (χ4v) is 9.25. The van der Waals surface area contributed by atoms with E-state index in [4.69, 9.17) is 15.8 Å². The maximum absolute atomic E-state index is 14.4. The molecule has 2 aromatic heterocycles. The van der Waals surface area contributed by atoms with Gasteiger partial charge < -0.3 is 14.0 Å². The molecule has 1 amide bonds. The molecule has 0 spiro atoms. The zero-order chi connectivity index (χ0) is 36.5. The molecule has 1 atom stereocenters. The maximum atomic E-state index is 14.4. The van der Waals surface area contributed by atoms with E-state index in [1.165, 1.54) is 43.7 Å². The summed E-state index contributed by atoms with van der Waals surface area (Å²) in [6.07, 6.45) is 6.25. The van der Waals surface area contributed by atoms with Crippen molar-refractivity contribution in [3.05, 3.63) is 132 Å². The van der Waals surface area contributed by atoms with Crippen molar-refractivity contribution in [3.63, 3.8) is 0 Å². The van der Waals surface area contributed by atoms with Crippen molar-refractivity contribution < 1.29 is 25.8 Å². The number of carbonyl (C=O) groups is 1. The van der Waals surface area contributed by atoms with E-state index in [1.807, 2.05) is 24.3 Å². The Hall–Kier alpha value is -5.08. The number of aromatic nitrogens is 2. The normalized spacial score (nSPS) is 14.5. The van der Waals surface area contributed by atoms with Crippen LogP contribution in [0.15, 0.2) is 132 Å². The number of rotatable bonds is 10. The first-order chi connectivity index (χ1) is 25.0. The highest BCUT2D eigenvalue weighted by Crippen LogP contribution is 2.29. The molecule has 3 heterocycles. The Morgan fingerprint density at radius 3 is 1.96 bits per heavy atom. The number of fused-ring (bicyclic) bond motifs is 2. The third-order valence-electron chi connectivity index (χ3n) is 9.27. The quantitative estimate of drug-likeness (QED) is 0.160. The van der Waals surface area contributed by atoms with Crippen molar-refractivity contribution in [1.29, 1.82) is 0 Å². The topological polar surface area (TPSA) is 130 Å². The molecular formula is C38H34ClN5O6S2. The van der Waals surface area contributed by atoms with Gasteiger partial charge in [0.25, 0.3) is 0 Å². The highest BCUT2D eigenvalue weighted by molar-refractivity contribution is 7.89. The Morgan fingerprint density at radius 2 is 1.35 bits per heavy atom. The Labute approximate surface area is 307 Å². The van der Waals surface area contributed by atoms with Gasteiger partial charge in [-0.3, -0.25) is 14.8 Å². The molecule has 1 aliphatic rings. The summed E-state index contributed by atoms with van der Waals surface area (Å²) in [7, 11) is -6.96. The molecule has 6 aromatic rings. The predicted octanol–water partition coefficient (Wildman–Crippen LogP) is 5.78. The van der Waals surface area contributed by atoms with Gasteiger partial charge >= 0.3 is 10.1 Å². The minimum atomic E-state index is -4.20. The smallest absolute Gasteiger partial charge is 0.339 e. The van der Waals surface area contributed by atoms with Gasteiger partial charge in [0.1, 0.15) is 16.7 Å². The lowest BCUT2D eigenvalue weighted by Gasteiger charge is -2.39. The van der Waals surface area contributed by atoms with Crippen LogP contribution in [0.25, 0.3) is 21.5 Å². The second kappa shape index (κ2) is 14.5. The average molecular weight is 756 g/mol. The molecule has 7 rings (SSSR count). The van der Waals surface area contributed by atoms with Crippen LogP contribution in [-0.2, 0) is 31.4 Å². The summed E-state index contributed by atoms with van der Waals surface area (Å²) in [6, 6.07) is 25.8. The van der Waals surface area contributed by atoms with Crippen molar-refractivity contribution in [2.45, 2.75) is 22.3 Å². The van der Waals surface area contributed by atoms with Crippen molar-refractivity contribution in [1.82, 2.24) is 19.2 Å². The molecule has 0 saturated carbocycles. The van der Waals surface area contributed by atoms with Crippen LogP contribution in [0.2, 0.25) is 5.02 Å². The highest BCUT2D eigenvalue weighted by atomic mass is 35.5. The van der Waals surface area contributed by atoms with Crippen LogP contribution >= 0.6 is 11.6 Å². The van der Waals surface area contributed by atoms with E-state index >= 15 is 0 Å². The van der Waals surface area contributed by atoms with Crippen LogP contribution in [0.3, 0.4) is 0 Å². The minimum absolute atomic E-state index is 0.00865. The molecular weight excluding hydrogens is 722 g/mol. The largest absolute Gasteiger partial charge is 0.379 e. The second-order valence-corrected chi connectivity index (χ2v) is 16.3. The summed E-state index contributed by atoms with van der Waals surface area (Å²) in [6.45, 7) is 1.89. The van der Waals surface area contributed by atoms with Crippen LogP contribution in [0.1, 0.15) is 5.56 Å². The van der Waals surface area contributed by atoms with Gasteiger partial charge in [0.2, 0.25) is 15.9 Å². The summed E-state index contributed by atoms with van der Waals surface area (Å²) in [4.78, 5) is 26.5. The van der Waals surface area contributed by atoms with Gasteiger partial charge in [0, 0.05) is 90.3 Å². The molecule has 0 radical (unpaired) electrons. The fraction of sp³-hybridized carbons (Fsp3) is 0.184. The van der Waals surface area contributed by atoms with Crippen LogP contribution in [0.5, 0.6) is 5.75 Å². The first-order valence-corrected chi connectivity index (χ1v) is 19.7. The number of amides is 1. The number of piperazine rings is 1. The SMILES string of the molecule is CN([C@@H](Cc1ccc(OS(=O)(=O)c2cccc3cnccc23)cc1)C(=O)N1CCN(c2ccc(Cl)cc2)CC1)S(=O)(=O)c1cccc2cnccc12. The van der Waals surface area contributed by atoms with E-state index in [-0.39, 0.29) is 27.9 Å². The zero-order valence-electron chi connectivity index (χ0n) is 28.0. The lowest BCUT2D eigenvalue weighted by atomic mass is 10.0. The number of pyridine rings is 2.